The van der Waals surface area contributed by atoms with Crippen molar-refractivity contribution in [1.29, 1.82) is 0 Å². The van der Waals surface area contributed by atoms with Crippen molar-refractivity contribution in [3.05, 3.63) is 22.1 Å². The van der Waals surface area contributed by atoms with E-state index in [2.05, 4.69) is 10.3 Å². The predicted octanol–water partition coefficient (Wildman–Crippen LogP) is -0.153. The zero-order valence-electron chi connectivity index (χ0n) is 9.25. The van der Waals surface area contributed by atoms with Gasteiger partial charge in [0.25, 0.3) is 0 Å². The van der Waals surface area contributed by atoms with Gasteiger partial charge in [-0.1, -0.05) is 0 Å². The third kappa shape index (κ3) is 2.41. The number of nitro groups is 1. The Balaban J connectivity index is 2.10. The summed E-state index contributed by atoms with van der Waals surface area (Å²) in [6, 6.07) is -0.0433. The summed E-state index contributed by atoms with van der Waals surface area (Å²) in [7, 11) is 1.54. The van der Waals surface area contributed by atoms with E-state index in [9.17, 15) is 14.9 Å². The first-order valence-corrected chi connectivity index (χ1v) is 5.14. The minimum absolute atomic E-state index is 0.0311. The molecule has 2 heterocycles. The maximum absolute atomic E-state index is 11.8. The number of aryl methyl sites for hydroxylation is 1. The third-order valence-corrected chi connectivity index (χ3v) is 2.52. The van der Waals surface area contributed by atoms with Crippen molar-refractivity contribution < 1.29 is 14.5 Å². The first-order valence-electron chi connectivity index (χ1n) is 5.14. The number of rotatable bonds is 3. The first kappa shape index (κ1) is 11.5. The van der Waals surface area contributed by atoms with Gasteiger partial charge in [-0.3, -0.25) is 4.79 Å². The monoisotopic (exact) mass is 240 g/mol. The number of carbonyl (C=O) groups excluding carboxylic acids is 1. The first-order chi connectivity index (χ1) is 8.08. The maximum Gasteiger partial charge on any atom is 0.382 e. The molecule has 0 aliphatic carbocycles. The topological polar surface area (TPSA) is 99.3 Å². The van der Waals surface area contributed by atoms with Crippen LogP contribution in [0.5, 0.6) is 0 Å². The highest BCUT2D eigenvalue weighted by Gasteiger charge is 2.26. The number of imidazole rings is 1. The highest BCUT2D eigenvalue weighted by atomic mass is 16.6. The number of nitrogens with zero attached hydrogens (tertiary/aromatic N) is 3. The summed E-state index contributed by atoms with van der Waals surface area (Å²) in [6.07, 6.45) is 1.96. The van der Waals surface area contributed by atoms with E-state index < -0.39 is 10.8 Å². The molecule has 2 rings (SSSR count). The van der Waals surface area contributed by atoms with E-state index in [-0.39, 0.29) is 17.7 Å². The van der Waals surface area contributed by atoms with Crippen LogP contribution in [0.2, 0.25) is 0 Å². The Labute approximate surface area is 96.7 Å². The van der Waals surface area contributed by atoms with Gasteiger partial charge in [0.1, 0.15) is 6.20 Å². The molecule has 1 atom stereocenters. The summed E-state index contributed by atoms with van der Waals surface area (Å²) in [5.41, 5.74) is 0. The van der Waals surface area contributed by atoms with E-state index in [0.29, 0.717) is 13.2 Å². The Morgan fingerprint density at radius 2 is 2.53 bits per heavy atom. The summed E-state index contributed by atoms with van der Waals surface area (Å²) in [6.45, 7) is 1.09. The lowest BCUT2D eigenvalue weighted by Crippen LogP contribution is -2.36. The summed E-state index contributed by atoms with van der Waals surface area (Å²) in [5, 5.41) is 13.2. The second-order valence-corrected chi connectivity index (χ2v) is 3.82. The molecular weight excluding hydrogens is 228 g/mol. The zero-order valence-corrected chi connectivity index (χ0v) is 9.25. The van der Waals surface area contributed by atoms with Gasteiger partial charge in [-0.2, -0.15) is 0 Å². The van der Waals surface area contributed by atoms with Crippen LogP contribution in [-0.2, 0) is 11.8 Å². The van der Waals surface area contributed by atoms with E-state index in [1.807, 2.05) is 0 Å². The number of aromatic nitrogens is 2. The maximum atomic E-state index is 11.8. The van der Waals surface area contributed by atoms with Gasteiger partial charge < -0.3 is 24.7 Å². The van der Waals surface area contributed by atoms with Crippen molar-refractivity contribution >= 4 is 11.7 Å². The molecule has 0 saturated carbocycles. The molecule has 8 nitrogen and oxygen atoms in total. The summed E-state index contributed by atoms with van der Waals surface area (Å²) in [5.74, 6) is -0.722. The van der Waals surface area contributed by atoms with Crippen LogP contribution in [0.25, 0.3) is 0 Å². The predicted molar refractivity (Wildman–Crippen MR) is 56.6 cm³/mol. The normalized spacial score (nSPS) is 19.2. The minimum Gasteiger partial charge on any atom is -0.379 e. The molecule has 1 saturated heterocycles. The molecule has 1 aliphatic rings. The van der Waals surface area contributed by atoms with Gasteiger partial charge in [-0.15, -0.1) is 0 Å². The van der Waals surface area contributed by atoms with Crippen molar-refractivity contribution in [1.82, 2.24) is 14.9 Å². The van der Waals surface area contributed by atoms with Crippen LogP contribution in [-0.4, -0.2) is 39.6 Å². The van der Waals surface area contributed by atoms with Gasteiger partial charge in [0, 0.05) is 13.7 Å². The summed E-state index contributed by atoms with van der Waals surface area (Å²) >= 11 is 0. The van der Waals surface area contributed by atoms with Crippen molar-refractivity contribution in [3.8, 4) is 0 Å². The average Bonchev–Trinajstić information content (AvgIpc) is 2.86. The van der Waals surface area contributed by atoms with Crippen LogP contribution in [0.4, 0.5) is 5.82 Å². The van der Waals surface area contributed by atoms with Crippen LogP contribution in [0, 0.1) is 10.1 Å². The van der Waals surface area contributed by atoms with Gasteiger partial charge in [-0.25, -0.2) is 0 Å². The van der Waals surface area contributed by atoms with E-state index in [4.69, 9.17) is 4.74 Å². The van der Waals surface area contributed by atoms with Gasteiger partial charge in [0.2, 0.25) is 0 Å². The van der Waals surface area contributed by atoms with Crippen LogP contribution >= 0.6 is 0 Å². The Hall–Kier alpha value is -1.96. The standard InChI is InChI=1S/C9H12N4O4/c1-12-4-7(13(15)16)11-8(12)9(14)10-6-2-3-17-5-6/h4,6H,2-3,5H2,1H3,(H,10,14). The number of hydrogen-bond acceptors (Lipinski definition) is 5. The lowest BCUT2D eigenvalue weighted by Gasteiger charge is -2.07. The van der Waals surface area contributed by atoms with E-state index in [0.717, 1.165) is 6.42 Å². The summed E-state index contributed by atoms with van der Waals surface area (Å²) < 4.78 is 6.45. The molecule has 1 fully saturated rings. The van der Waals surface area contributed by atoms with E-state index in [1.165, 1.54) is 10.8 Å². The number of carbonyl (C=O) groups is 1. The Bertz CT molecular complexity index is 450. The molecule has 1 unspecified atom stereocenters. The van der Waals surface area contributed by atoms with Crippen LogP contribution in [0.15, 0.2) is 6.20 Å². The third-order valence-electron chi connectivity index (χ3n) is 2.52. The number of ether oxygens (including phenoxy) is 1. The number of amides is 1. The van der Waals surface area contributed by atoms with Crippen molar-refractivity contribution in [2.75, 3.05) is 13.2 Å². The second-order valence-electron chi connectivity index (χ2n) is 3.82. The average molecular weight is 240 g/mol. The molecule has 92 valence electrons. The largest absolute Gasteiger partial charge is 0.382 e. The minimum atomic E-state index is -0.630. The fraction of sp³-hybridized carbons (Fsp3) is 0.556. The molecule has 0 bridgehead atoms. The molecular formula is C9H12N4O4. The van der Waals surface area contributed by atoms with Crippen molar-refractivity contribution in [3.63, 3.8) is 0 Å². The van der Waals surface area contributed by atoms with Gasteiger partial charge in [-0.05, 0) is 16.3 Å². The molecule has 1 amide bonds. The van der Waals surface area contributed by atoms with E-state index >= 15 is 0 Å². The van der Waals surface area contributed by atoms with Crippen LogP contribution in [0.1, 0.15) is 17.0 Å². The van der Waals surface area contributed by atoms with Crippen LogP contribution < -0.4 is 5.32 Å². The SMILES string of the molecule is Cn1cc([N+](=O)[O-])nc1C(=O)NC1CCOC1. The number of nitrogens with one attached hydrogen (secondary N) is 1. The quantitative estimate of drug-likeness (QED) is 0.585. The molecule has 1 aromatic rings. The fourth-order valence-corrected chi connectivity index (χ4v) is 1.65. The zero-order chi connectivity index (χ0) is 12.4. The van der Waals surface area contributed by atoms with E-state index in [1.54, 1.807) is 7.05 Å². The fourth-order valence-electron chi connectivity index (χ4n) is 1.65. The smallest absolute Gasteiger partial charge is 0.379 e. The Morgan fingerprint density at radius 1 is 1.76 bits per heavy atom. The molecule has 17 heavy (non-hydrogen) atoms. The summed E-state index contributed by atoms with van der Waals surface area (Å²) in [4.78, 5) is 25.3. The number of hydrogen-bond donors (Lipinski definition) is 1. The molecule has 8 heteroatoms. The van der Waals surface area contributed by atoms with Gasteiger partial charge >= 0.3 is 17.5 Å². The highest BCUT2D eigenvalue weighted by molar-refractivity contribution is 5.91. The van der Waals surface area contributed by atoms with Gasteiger partial charge in [0.15, 0.2) is 0 Å². The molecule has 0 spiro atoms. The van der Waals surface area contributed by atoms with Gasteiger partial charge in [0.05, 0.1) is 12.6 Å². The van der Waals surface area contributed by atoms with Crippen molar-refractivity contribution in [2.24, 2.45) is 7.05 Å². The molecule has 1 aromatic heterocycles. The highest BCUT2D eigenvalue weighted by Crippen LogP contribution is 2.10. The van der Waals surface area contributed by atoms with Crippen molar-refractivity contribution in [2.45, 2.75) is 12.5 Å². The Kier molecular flexibility index (Phi) is 3.05. The van der Waals surface area contributed by atoms with Crippen LogP contribution in [0.3, 0.4) is 0 Å². The second kappa shape index (κ2) is 4.50. The molecule has 0 radical (unpaired) electrons. The lowest BCUT2D eigenvalue weighted by molar-refractivity contribution is -0.389. The molecule has 1 aliphatic heterocycles. The Morgan fingerprint density at radius 3 is 3.06 bits per heavy atom. The lowest BCUT2D eigenvalue weighted by atomic mass is 10.2. The molecule has 1 N–H and O–H groups in total. The molecule has 0 aromatic carbocycles.